The average Bonchev–Trinajstić information content (AvgIpc) is 4.67. The largest absolute Gasteiger partial charge is 3.00 e. The molecule has 0 aliphatic rings. The van der Waals surface area contributed by atoms with Crippen LogP contribution in [0.1, 0.15) is 0 Å². The number of benzene rings is 10. The van der Waals surface area contributed by atoms with Gasteiger partial charge in [0.25, 0.3) is 0 Å². The van der Waals surface area contributed by atoms with E-state index in [1.165, 1.54) is 0 Å². The molecule has 0 fully saturated rings. The Morgan fingerprint density at radius 3 is 0.605 bits per heavy atom. The molecule has 2 N–H and O–H groups in total. The van der Waals surface area contributed by atoms with Crippen molar-refractivity contribution in [3.8, 4) is 113 Å². The molecule has 421 valence electrons. The summed E-state index contributed by atoms with van der Waals surface area (Å²) in [7, 11) is 0. The Kier molecular flexibility index (Phi) is 21.2. The summed E-state index contributed by atoms with van der Waals surface area (Å²) in [6.07, 6.45) is 0. The van der Waals surface area contributed by atoms with Crippen molar-refractivity contribution in [2.45, 2.75) is 0 Å². The predicted octanol–water partition coefficient (Wildman–Crippen LogP) is 17.6. The summed E-state index contributed by atoms with van der Waals surface area (Å²) in [5.74, 6) is 0. The summed E-state index contributed by atoms with van der Waals surface area (Å²) in [6, 6.07) is 112. The summed E-state index contributed by atoms with van der Waals surface area (Å²) in [6.45, 7) is 0. The monoisotopic (exact) mass is 1270 g/mol. The van der Waals surface area contributed by atoms with Gasteiger partial charge >= 0.3 is 46.9 Å². The normalized spacial score (nSPS) is 10.2. The van der Waals surface area contributed by atoms with Gasteiger partial charge in [0.1, 0.15) is 0 Å². The topological polar surface area (TPSA) is 138 Å². The number of aromatic amines is 2. The van der Waals surface area contributed by atoms with Crippen LogP contribution in [0.4, 0.5) is 0 Å². The van der Waals surface area contributed by atoms with Crippen LogP contribution >= 0.6 is 0 Å². The predicted molar refractivity (Wildman–Crippen MR) is 344 cm³/mol. The van der Waals surface area contributed by atoms with Crippen molar-refractivity contribution in [2.24, 2.45) is 0 Å². The molecule has 1 radical (unpaired) electrons. The second kappa shape index (κ2) is 30.9. The van der Waals surface area contributed by atoms with Crippen molar-refractivity contribution < 1.29 is 46.9 Å². The number of nitrogens with zero attached hydrogens (tertiary/aromatic N) is 8. The van der Waals surface area contributed by atoms with Crippen molar-refractivity contribution in [3.05, 3.63) is 334 Å². The van der Waals surface area contributed by atoms with E-state index in [1.54, 1.807) is 0 Å². The van der Waals surface area contributed by atoms with E-state index in [0.29, 0.717) is 0 Å². The van der Waals surface area contributed by atoms with Gasteiger partial charge in [0.05, 0.1) is 22.8 Å². The van der Waals surface area contributed by atoms with Crippen molar-refractivity contribution in [1.29, 1.82) is 0 Å². The van der Waals surface area contributed by atoms with Gasteiger partial charge < -0.3 is 30.6 Å². The molecular weight excluding hydrogens is 1210 g/mol. The molecule has 11 heteroatoms. The Morgan fingerprint density at radius 1 is 0.198 bits per heavy atom. The van der Waals surface area contributed by atoms with E-state index in [2.05, 4.69) is 112 Å². The molecule has 0 aliphatic carbocycles. The minimum absolute atomic E-state index is 0. The summed E-state index contributed by atoms with van der Waals surface area (Å²) >= 11 is 0. The third-order valence-electron chi connectivity index (χ3n) is 13.5. The Hall–Kier alpha value is -10.2. The van der Waals surface area contributed by atoms with Gasteiger partial charge in [0, 0.05) is 28.2 Å². The van der Waals surface area contributed by atoms with Gasteiger partial charge in [-0.15, -0.1) is 17.1 Å². The van der Waals surface area contributed by atoms with Crippen molar-refractivity contribution in [2.75, 3.05) is 0 Å². The molecule has 0 bridgehead atoms. The zero-order chi connectivity index (χ0) is 57.5. The molecule has 15 aromatic rings. The first-order valence-corrected chi connectivity index (χ1v) is 27.8. The van der Waals surface area contributed by atoms with Crippen LogP contribution in [-0.2, 0) is 0 Å². The number of aromatic nitrogens is 10. The first-order valence-electron chi connectivity index (χ1n) is 27.8. The third kappa shape index (κ3) is 16.3. The molecule has 0 aliphatic heterocycles. The van der Waals surface area contributed by atoms with Crippen LogP contribution in [0, 0.1) is 46.9 Å². The Labute approximate surface area is 539 Å². The first-order chi connectivity index (χ1) is 42.2. The molecule has 15 rings (SSSR count). The number of rotatable bonds is 10. The van der Waals surface area contributed by atoms with Gasteiger partial charge in [0.2, 0.25) is 0 Å². The van der Waals surface area contributed by atoms with Crippen LogP contribution in [-0.4, -0.2) is 35.7 Å². The van der Waals surface area contributed by atoms with Crippen molar-refractivity contribution >= 4 is 0 Å². The fourth-order valence-electron chi connectivity index (χ4n) is 9.07. The molecule has 10 aromatic carbocycles. The fraction of sp³-hybridized carbons (Fsp3) is 0. The van der Waals surface area contributed by atoms with Gasteiger partial charge in [-0.1, -0.05) is 322 Å². The van der Waals surface area contributed by atoms with Crippen LogP contribution in [0.5, 0.6) is 0 Å². The maximum atomic E-state index is 4.34. The van der Waals surface area contributed by atoms with Crippen molar-refractivity contribution in [1.82, 2.24) is 51.0 Å². The summed E-state index contributed by atoms with van der Waals surface area (Å²) in [5, 5.41) is 40.1. The Bertz CT molecular complexity index is 3380. The zero-order valence-electron chi connectivity index (χ0n) is 46.6. The second-order valence-electron chi connectivity index (χ2n) is 19.3. The first kappa shape index (κ1) is 58.9. The number of hydrogen-bond donors (Lipinski definition) is 2. The van der Waals surface area contributed by atoms with E-state index >= 15 is 0 Å². The van der Waals surface area contributed by atoms with Gasteiger partial charge in [-0.25, -0.2) is 0 Å². The zero-order valence-corrected chi connectivity index (χ0v) is 48.3. The summed E-state index contributed by atoms with van der Waals surface area (Å²) in [5.41, 5.74) is 20.7. The second-order valence-corrected chi connectivity index (χ2v) is 19.3. The number of nitrogens with one attached hydrogen (secondary N) is 2. The molecule has 0 atom stereocenters. The van der Waals surface area contributed by atoms with Crippen LogP contribution in [0.2, 0.25) is 0 Å². The maximum absolute atomic E-state index is 4.34. The minimum Gasteiger partial charge on any atom is -0.574 e. The molecule has 0 spiro atoms. The molecule has 10 nitrogen and oxygen atoms in total. The summed E-state index contributed by atoms with van der Waals surface area (Å²) in [4.78, 5) is 0. The average molecular weight is 1270 g/mol. The van der Waals surface area contributed by atoms with Crippen LogP contribution < -0.4 is 15.3 Å². The minimum atomic E-state index is 0. The maximum Gasteiger partial charge on any atom is 3.00 e. The SMILES string of the molecule is [Yb+3].c1ccc(-c2cc(-c3ccccc3)[n-]n2)cc1.c1ccc(-c2cc(-c3ccccc3)[n-]n2)cc1.c1ccc(-c2cc(-c3ccccc3)[n-]n2)cc1.c1ccc(-c2cc(-c3ccccc3)[nH]n2)cc1.c1ccc(-c2cc(-c3ccccc3)[nH]n2)cc1. The van der Waals surface area contributed by atoms with Gasteiger partial charge in [-0.3, -0.25) is 10.2 Å². The number of hydrogen-bond acceptors (Lipinski definition) is 5. The van der Waals surface area contributed by atoms with Gasteiger partial charge in [0.15, 0.2) is 0 Å². The van der Waals surface area contributed by atoms with E-state index in [1.807, 2.05) is 273 Å². The van der Waals surface area contributed by atoms with Crippen LogP contribution in [0.3, 0.4) is 0 Å². The Morgan fingerprint density at radius 2 is 0.384 bits per heavy atom. The molecular formula is C75H57N10Yb. The van der Waals surface area contributed by atoms with Crippen molar-refractivity contribution in [3.63, 3.8) is 0 Å². The quantitative estimate of drug-likeness (QED) is 0.138. The third-order valence-corrected chi connectivity index (χ3v) is 13.5. The molecule has 0 unspecified atom stereocenters. The van der Waals surface area contributed by atoms with Gasteiger partial charge in [-0.05, 0) is 56.6 Å². The standard InChI is InChI=1S/2C15H12N2.3C15H11N2.Yb/c5*1-3-7-12(8-4-1)14-11-15(17-16-14)13-9-5-2-6-10-13;/h2*1-11H,(H,16,17);3*1-11H;/q;;3*-1;+3. The van der Waals surface area contributed by atoms with Crippen LogP contribution in [0.15, 0.2) is 334 Å². The van der Waals surface area contributed by atoms with E-state index in [4.69, 9.17) is 0 Å². The molecule has 0 amide bonds. The van der Waals surface area contributed by atoms with E-state index in [-0.39, 0.29) is 46.9 Å². The van der Waals surface area contributed by atoms with E-state index in [0.717, 1.165) is 113 Å². The Balaban J connectivity index is 0.000000119. The number of H-pyrrole nitrogens is 2. The molecule has 5 aromatic heterocycles. The molecule has 0 saturated heterocycles. The van der Waals surface area contributed by atoms with Crippen LogP contribution in [0.25, 0.3) is 113 Å². The van der Waals surface area contributed by atoms with E-state index < -0.39 is 0 Å². The smallest absolute Gasteiger partial charge is 0.574 e. The van der Waals surface area contributed by atoms with E-state index in [9.17, 15) is 0 Å². The molecule has 0 saturated carbocycles. The summed E-state index contributed by atoms with van der Waals surface area (Å²) < 4.78 is 0. The fourth-order valence-corrected chi connectivity index (χ4v) is 9.07. The van der Waals surface area contributed by atoms with Gasteiger partial charge in [-0.2, -0.15) is 10.2 Å². The molecule has 86 heavy (non-hydrogen) atoms. The molecule has 5 heterocycles.